The fourth-order valence-electron chi connectivity index (χ4n) is 2.86. The van der Waals surface area contributed by atoms with Crippen molar-refractivity contribution >= 4 is 33.4 Å². The lowest BCUT2D eigenvalue weighted by Crippen LogP contribution is -2.48. The maximum absolute atomic E-state index is 12.6. The standard InChI is InChI=1S/C17H20BrClN4O/c1-2-23-12-15(18)16(20-23)17(24)22-8-6-21(7-9-22)11-13-4-3-5-14(19)10-13/h3-5,10,12H,2,6-9,11H2,1H3. The lowest BCUT2D eigenvalue weighted by atomic mass is 10.2. The molecule has 2 heterocycles. The first-order valence-corrected chi connectivity index (χ1v) is 9.23. The quantitative estimate of drug-likeness (QED) is 0.775. The van der Waals surface area contributed by atoms with E-state index in [1.807, 2.05) is 36.2 Å². The van der Waals surface area contributed by atoms with Crippen molar-refractivity contribution < 1.29 is 4.79 Å². The number of carbonyl (C=O) groups is 1. The number of carbonyl (C=O) groups excluding carboxylic acids is 1. The van der Waals surface area contributed by atoms with Crippen LogP contribution in [0.15, 0.2) is 34.9 Å². The maximum Gasteiger partial charge on any atom is 0.275 e. The summed E-state index contributed by atoms with van der Waals surface area (Å²) in [5, 5.41) is 5.11. The van der Waals surface area contributed by atoms with Crippen LogP contribution in [0.1, 0.15) is 23.0 Å². The Morgan fingerprint density at radius 3 is 2.67 bits per heavy atom. The molecule has 1 aliphatic heterocycles. The highest BCUT2D eigenvalue weighted by Crippen LogP contribution is 2.19. The molecule has 24 heavy (non-hydrogen) atoms. The van der Waals surface area contributed by atoms with E-state index in [0.717, 1.165) is 35.7 Å². The van der Waals surface area contributed by atoms with E-state index < -0.39 is 0 Å². The molecule has 7 heteroatoms. The average molecular weight is 412 g/mol. The number of piperazine rings is 1. The molecule has 2 aromatic rings. The van der Waals surface area contributed by atoms with Crippen molar-refractivity contribution in [3.05, 3.63) is 51.2 Å². The Labute approximate surface area is 155 Å². The first-order valence-electron chi connectivity index (χ1n) is 8.06. The number of rotatable bonds is 4. The molecule has 0 spiro atoms. The molecule has 1 amide bonds. The Bertz CT molecular complexity index is 725. The van der Waals surface area contributed by atoms with Crippen molar-refractivity contribution in [3.8, 4) is 0 Å². The average Bonchev–Trinajstić information content (AvgIpc) is 2.96. The second-order valence-corrected chi connectivity index (χ2v) is 7.17. The number of amides is 1. The smallest absolute Gasteiger partial charge is 0.275 e. The van der Waals surface area contributed by atoms with Crippen LogP contribution in [0.4, 0.5) is 0 Å². The second kappa shape index (κ2) is 7.68. The minimum Gasteiger partial charge on any atom is -0.335 e. The highest BCUT2D eigenvalue weighted by molar-refractivity contribution is 9.10. The van der Waals surface area contributed by atoms with Crippen molar-refractivity contribution in [3.63, 3.8) is 0 Å². The van der Waals surface area contributed by atoms with Gasteiger partial charge in [0.2, 0.25) is 0 Å². The summed E-state index contributed by atoms with van der Waals surface area (Å²) in [6.45, 7) is 6.74. The minimum atomic E-state index is -0.00326. The third-order valence-electron chi connectivity index (χ3n) is 4.20. The summed E-state index contributed by atoms with van der Waals surface area (Å²) in [7, 11) is 0. The van der Waals surface area contributed by atoms with E-state index >= 15 is 0 Å². The maximum atomic E-state index is 12.6. The first kappa shape index (κ1) is 17.5. The Morgan fingerprint density at radius 1 is 1.29 bits per heavy atom. The van der Waals surface area contributed by atoms with Crippen molar-refractivity contribution in [2.45, 2.75) is 20.0 Å². The van der Waals surface area contributed by atoms with Gasteiger partial charge in [0.1, 0.15) is 0 Å². The summed E-state index contributed by atoms with van der Waals surface area (Å²) >= 11 is 9.47. The van der Waals surface area contributed by atoms with Gasteiger partial charge in [0.05, 0.1) is 4.47 Å². The number of aryl methyl sites for hydroxylation is 1. The van der Waals surface area contributed by atoms with Crippen LogP contribution in [-0.4, -0.2) is 51.7 Å². The number of halogens is 2. The topological polar surface area (TPSA) is 41.4 Å². The Balaban J connectivity index is 1.58. The molecule has 1 fully saturated rings. The van der Waals surface area contributed by atoms with Crippen molar-refractivity contribution in [2.24, 2.45) is 0 Å². The molecule has 0 bridgehead atoms. The third-order valence-corrected chi connectivity index (χ3v) is 5.01. The Morgan fingerprint density at radius 2 is 2.04 bits per heavy atom. The summed E-state index contributed by atoms with van der Waals surface area (Å²) < 4.78 is 2.53. The van der Waals surface area contributed by atoms with Crippen LogP contribution in [0, 0.1) is 0 Å². The molecule has 0 radical (unpaired) electrons. The van der Waals surface area contributed by atoms with Crippen LogP contribution in [0.5, 0.6) is 0 Å². The van der Waals surface area contributed by atoms with Gasteiger partial charge in [-0.2, -0.15) is 5.10 Å². The van der Waals surface area contributed by atoms with Gasteiger partial charge >= 0.3 is 0 Å². The zero-order chi connectivity index (χ0) is 17.1. The SMILES string of the molecule is CCn1cc(Br)c(C(=O)N2CCN(Cc3cccc(Cl)c3)CC2)n1. The molecule has 0 unspecified atom stereocenters. The summed E-state index contributed by atoms with van der Waals surface area (Å²) in [6.07, 6.45) is 1.85. The number of hydrogen-bond donors (Lipinski definition) is 0. The van der Waals surface area contributed by atoms with Crippen LogP contribution in [-0.2, 0) is 13.1 Å². The number of benzene rings is 1. The first-order chi connectivity index (χ1) is 11.6. The predicted molar refractivity (Wildman–Crippen MR) is 98.2 cm³/mol. The van der Waals surface area contributed by atoms with Gasteiger partial charge in [-0.1, -0.05) is 23.7 Å². The summed E-state index contributed by atoms with van der Waals surface area (Å²) in [4.78, 5) is 16.9. The lowest BCUT2D eigenvalue weighted by Gasteiger charge is -2.34. The van der Waals surface area contributed by atoms with Gasteiger partial charge in [-0.05, 0) is 40.5 Å². The molecule has 0 N–H and O–H groups in total. The normalized spacial score (nSPS) is 15.7. The zero-order valence-corrected chi connectivity index (χ0v) is 15.9. The van der Waals surface area contributed by atoms with Gasteiger partial charge in [0.15, 0.2) is 5.69 Å². The van der Waals surface area contributed by atoms with Crippen molar-refractivity contribution in [2.75, 3.05) is 26.2 Å². The van der Waals surface area contributed by atoms with Gasteiger partial charge in [0, 0.05) is 50.5 Å². The molecule has 1 aliphatic rings. The Hall–Kier alpha value is -1.37. The third kappa shape index (κ3) is 3.99. The number of nitrogens with zero attached hydrogens (tertiary/aromatic N) is 4. The van der Waals surface area contributed by atoms with E-state index in [-0.39, 0.29) is 5.91 Å². The molecule has 128 valence electrons. The summed E-state index contributed by atoms with van der Waals surface area (Å²) in [6, 6.07) is 7.93. The van der Waals surface area contributed by atoms with E-state index in [2.05, 4.69) is 32.0 Å². The predicted octanol–water partition coefficient (Wildman–Crippen LogP) is 3.28. The highest BCUT2D eigenvalue weighted by Gasteiger charge is 2.25. The van der Waals surface area contributed by atoms with Crippen LogP contribution in [0.2, 0.25) is 5.02 Å². The van der Waals surface area contributed by atoms with Crippen LogP contribution >= 0.6 is 27.5 Å². The van der Waals surface area contributed by atoms with Crippen LogP contribution in [0.3, 0.4) is 0 Å². The highest BCUT2D eigenvalue weighted by atomic mass is 79.9. The summed E-state index contributed by atoms with van der Waals surface area (Å²) in [5.74, 6) is -0.00326. The number of hydrogen-bond acceptors (Lipinski definition) is 3. The van der Waals surface area contributed by atoms with E-state index in [1.165, 1.54) is 5.56 Å². The van der Waals surface area contributed by atoms with Gasteiger partial charge < -0.3 is 4.90 Å². The Kier molecular flexibility index (Phi) is 5.58. The molecule has 1 saturated heterocycles. The molecule has 1 aromatic heterocycles. The fraction of sp³-hybridized carbons (Fsp3) is 0.412. The molecule has 0 atom stereocenters. The van der Waals surface area contributed by atoms with Gasteiger partial charge in [-0.3, -0.25) is 14.4 Å². The largest absolute Gasteiger partial charge is 0.335 e. The molecule has 0 aliphatic carbocycles. The van der Waals surface area contributed by atoms with Gasteiger partial charge in [-0.25, -0.2) is 0 Å². The van der Waals surface area contributed by atoms with E-state index in [4.69, 9.17) is 11.6 Å². The van der Waals surface area contributed by atoms with Gasteiger partial charge in [-0.15, -0.1) is 0 Å². The monoisotopic (exact) mass is 410 g/mol. The fourth-order valence-corrected chi connectivity index (χ4v) is 3.55. The van der Waals surface area contributed by atoms with E-state index in [1.54, 1.807) is 4.68 Å². The molecular weight excluding hydrogens is 392 g/mol. The molecular formula is C17H20BrClN4O. The van der Waals surface area contributed by atoms with E-state index in [9.17, 15) is 4.79 Å². The molecule has 1 aromatic carbocycles. The van der Waals surface area contributed by atoms with Crippen molar-refractivity contribution in [1.82, 2.24) is 19.6 Å². The van der Waals surface area contributed by atoms with Gasteiger partial charge in [0.25, 0.3) is 5.91 Å². The summed E-state index contributed by atoms with van der Waals surface area (Å²) in [5.41, 5.74) is 1.70. The number of aromatic nitrogens is 2. The van der Waals surface area contributed by atoms with E-state index in [0.29, 0.717) is 18.8 Å². The molecule has 5 nitrogen and oxygen atoms in total. The van der Waals surface area contributed by atoms with Crippen LogP contribution < -0.4 is 0 Å². The van der Waals surface area contributed by atoms with Crippen molar-refractivity contribution in [1.29, 1.82) is 0 Å². The zero-order valence-electron chi connectivity index (χ0n) is 13.6. The lowest BCUT2D eigenvalue weighted by molar-refractivity contribution is 0.0621. The molecule has 3 rings (SSSR count). The molecule has 0 saturated carbocycles. The van der Waals surface area contributed by atoms with Crippen LogP contribution in [0.25, 0.3) is 0 Å². The minimum absolute atomic E-state index is 0.00326. The second-order valence-electron chi connectivity index (χ2n) is 5.88.